The second-order valence-electron chi connectivity index (χ2n) is 5.13. The topological polar surface area (TPSA) is 40.5 Å². The molecule has 0 atom stereocenters. The third-order valence-electron chi connectivity index (χ3n) is 3.75. The maximum absolute atomic E-state index is 9.67. The molecule has 1 aromatic carbocycles. The van der Waals surface area contributed by atoms with E-state index in [-0.39, 0.29) is 13.2 Å². The number of hydrogen-bond donors (Lipinski definition) is 2. The lowest BCUT2D eigenvalue weighted by atomic mass is 9.77. The molecule has 2 heteroatoms. The standard InChI is InChI=1S/C16H26O2/c1-2-3-4-5-9-12-16(13-17,14-18)15-10-7-6-8-11-15/h6-8,10-11,17-18H,2-5,9,12-14H2,1H3. The summed E-state index contributed by atoms with van der Waals surface area (Å²) in [7, 11) is 0. The summed E-state index contributed by atoms with van der Waals surface area (Å²) in [5.41, 5.74) is 0.582. The van der Waals surface area contributed by atoms with Crippen molar-refractivity contribution < 1.29 is 10.2 Å². The number of aliphatic hydroxyl groups is 2. The minimum absolute atomic E-state index is 0.0152. The van der Waals surface area contributed by atoms with Crippen LogP contribution in [0.25, 0.3) is 0 Å². The van der Waals surface area contributed by atoms with Gasteiger partial charge in [0.1, 0.15) is 0 Å². The third kappa shape index (κ3) is 4.11. The molecule has 0 fully saturated rings. The molecule has 0 heterocycles. The highest BCUT2D eigenvalue weighted by Gasteiger charge is 2.30. The zero-order valence-electron chi connectivity index (χ0n) is 11.4. The van der Waals surface area contributed by atoms with E-state index >= 15 is 0 Å². The van der Waals surface area contributed by atoms with Crippen LogP contribution in [0.1, 0.15) is 51.0 Å². The fourth-order valence-corrected chi connectivity index (χ4v) is 2.39. The van der Waals surface area contributed by atoms with Crippen molar-refractivity contribution in [3.63, 3.8) is 0 Å². The molecule has 0 spiro atoms. The minimum atomic E-state index is -0.465. The van der Waals surface area contributed by atoms with E-state index in [9.17, 15) is 10.2 Å². The molecule has 102 valence electrons. The second-order valence-corrected chi connectivity index (χ2v) is 5.13. The van der Waals surface area contributed by atoms with Crippen LogP contribution in [0.5, 0.6) is 0 Å². The average molecular weight is 250 g/mol. The quantitative estimate of drug-likeness (QED) is 0.660. The zero-order chi connectivity index (χ0) is 13.3. The Labute approximate surface area is 111 Å². The Morgan fingerprint density at radius 2 is 1.50 bits per heavy atom. The summed E-state index contributed by atoms with van der Waals surface area (Å²) in [6.45, 7) is 2.23. The van der Waals surface area contributed by atoms with Crippen LogP contribution < -0.4 is 0 Å². The van der Waals surface area contributed by atoms with Gasteiger partial charge in [-0.2, -0.15) is 0 Å². The molecule has 0 saturated heterocycles. The van der Waals surface area contributed by atoms with Gasteiger partial charge in [0.25, 0.3) is 0 Å². The van der Waals surface area contributed by atoms with E-state index in [0.717, 1.165) is 18.4 Å². The van der Waals surface area contributed by atoms with Crippen LogP contribution in [-0.2, 0) is 5.41 Å². The third-order valence-corrected chi connectivity index (χ3v) is 3.75. The summed E-state index contributed by atoms with van der Waals surface area (Å²) in [4.78, 5) is 0. The number of benzene rings is 1. The number of rotatable bonds is 9. The molecule has 18 heavy (non-hydrogen) atoms. The molecule has 0 aliphatic carbocycles. The summed E-state index contributed by atoms with van der Waals surface area (Å²) in [5.74, 6) is 0. The molecular weight excluding hydrogens is 224 g/mol. The van der Waals surface area contributed by atoms with Gasteiger partial charge in [-0.1, -0.05) is 69.4 Å². The first-order valence-electron chi connectivity index (χ1n) is 7.06. The molecule has 1 rings (SSSR count). The lowest BCUT2D eigenvalue weighted by molar-refractivity contribution is 0.107. The summed E-state index contributed by atoms with van der Waals surface area (Å²) in [6.07, 6.45) is 6.87. The molecule has 0 aliphatic heterocycles. The number of unbranched alkanes of at least 4 members (excludes halogenated alkanes) is 4. The molecule has 0 radical (unpaired) electrons. The van der Waals surface area contributed by atoms with E-state index in [1.807, 2.05) is 30.3 Å². The molecule has 2 nitrogen and oxygen atoms in total. The maximum Gasteiger partial charge on any atom is 0.0550 e. The van der Waals surface area contributed by atoms with Crippen LogP contribution in [0.15, 0.2) is 30.3 Å². The Hall–Kier alpha value is -0.860. The number of hydrogen-bond acceptors (Lipinski definition) is 2. The molecular formula is C16H26O2. The van der Waals surface area contributed by atoms with Crippen molar-refractivity contribution in [2.45, 2.75) is 50.9 Å². The Kier molecular flexibility index (Phi) is 6.99. The van der Waals surface area contributed by atoms with Gasteiger partial charge in [0.15, 0.2) is 0 Å². The smallest absolute Gasteiger partial charge is 0.0550 e. The fraction of sp³-hybridized carbons (Fsp3) is 0.625. The molecule has 1 aromatic rings. The van der Waals surface area contributed by atoms with E-state index in [4.69, 9.17) is 0 Å². The summed E-state index contributed by atoms with van der Waals surface area (Å²) >= 11 is 0. The SMILES string of the molecule is CCCCCCCC(CO)(CO)c1ccccc1. The molecule has 0 saturated carbocycles. The van der Waals surface area contributed by atoms with Gasteiger partial charge in [-0.05, 0) is 12.0 Å². The molecule has 0 amide bonds. The van der Waals surface area contributed by atoms with Crippen molar-refractivity contribution in [3.05, 3.63) is 35.9 Å². The Balaban J connectivity index is 2.58. The van der Waals surface area contributed by atoms with Crippen molar-refractivity contribution in [1.82, 2.24) is 0 Å². The van der Waals surface area contributed by atoms with Crippen LogP contribution in [0, 0.1) is 0 Å². The number of aliphatic hydroxyl groups excluding tert-OH is 2. The molecule has 0 bridgehead atoms. The minimum Gasteiger partial charge on any atom is -0.395 e. The van der Waals surface area contributed by atoms with Crippen molar-refractivity contribution in [3.8, 4) is 0 Å². The van der Waals surface area contributed by atoms with Crippen LogP contribution in [0.2, 0.25) is 0 Å². The van der Waals surface area contributed by atoms with Crippen molar-refractivity contribution >= 4 is 0 Å². The van der Waals surface area contributed by atoms with Crippen molar-refractivity contribution in [2.24, 2.45) is 0 Å². The highest BCUT2D eigenvalue weighted by atomic mass is 16.3. The van der Waals surface area contributed by atoms with Crippen LogP contribution in [-0.4, -0.2) is 23.4 Å². The first kappa shape index (κ1) is 15.2. The molecule has 0 aromatic heterocycles. The lowest BCUT2D eigenvalue weighted by Crippen LogP contribution is -2.34. The molecule has 2 N–H and O–H groups in total. The average Bonchev–Trinajstić information content (AvgIpc) is 2.44. The van der Waals surface area contributed by atoms with Gasteiger partial charge in [0, 0.05) is 5.41 Å². The fourth-order valence-electron chi connectivity index (χ4n) is 2.39. The summed E-state index contributed by atoms with van der Waals surface area (Å²) in [6, 6.07) is 9.89. The van der Waals surface area contributed by atoms with Crippen LogP contribution in [0.3, 0.4) is 0 Å². The van der Waals surface area contributed by atoms with Gasteiger partial charge in [0.05, 0.1) is 13.2 Å². The van der Waals surface area contributed by atoms with Gasteiger partial charge >= 0.3 is 0 Å². The van der Waals surface area contributed by atoms with Gasteiger partial charge in [-0.15, -0.1) is 0 Å². The highest BCUT2D eigenvalue weighted by molar-refractivity contribution is 5.25. The molecule has 0 unspecified atom stereocenters. The van der Waals surface area contributed by atoms with E-state index in [2.05, 4.69) is 6.92 Å². The highest BCUT2D eigenvalue weighted by Crippen LogP contribution is 2.29. The van der Waals surface area contributed by atoms with Gasteiger partial charge in [-0.3, -0.25) is 0 Å². The Morgan fingerprint density at radius 1 is 0.889 bits per heavy atom. The van der Waals surface area contributed by atoms with Gasteiger partial charge < -0.3 is 10.2 Å². The second kappa shape index (κ2) is 8.28. The maximum atomic E-state index is 9.67. The first-order valence-corrected chi connectivity index (χ1v) is 7.06. The predicted octanol–water partition coefficient (Wildman–Crippen LogP) is 3.27. The van der Waals surface area contributed by atoms with E-state index in [0.29, 0.717) is 0 Å². The van der Waals surface area contributed by atoms with Gasteiger partial charge in [-0.25, -0.2) is 0 Å². The zero-order valence-corrected chi connectivity index (χ0v) is 11.4. The Bertz CT molecular complexity index is 304. The molecule has 0 aliphatic rings. The lowest BCUT2D eigenvalue weighted by Gasteiger charge is -2.30. The van der Waals surface area contributed by atoms with Gasteiger partial charge in [0.2, 0.25) is 0 Å². The summed E-state index contributed by atoms with van der Waals surface area (Å²) in [5, 5.41) is 19.3. The normalized spacial score (nSPS) is 11.7. The monoisotopic (exact) mass is 250 g/mol. The largest absolute Gasteiger partial charge is 0.395 e. The van der Waals surface area contributed by atoms with E-state index in [1.165, 1.54) is 25.7 Å². The van der Waals surface area contributed by atoms with Crippen molar-refractivity contribution in [2.75, 3.05) is 13.2 Å². The van der Waals surface area contributed by atoms with E-state index < -0.39 is 5.41 Å². The first-order chi connectivity index (χ1) is 8.79. The van der Waals surface area contributed by atoms with Crippen LogP contribution >= 0.6 is 0 Å². The van der Waals surface area contributed by atoms with E-state index in [1.54, 1.807) is 0 Å². The van der Waals surface area contributed by atoms with Crippen molar-refractivity contribution in [1.29, 1.82) is 0 Å². The predicted molar refractivity (Wildman–Crippen MR) is 75.7 cm³/mol. The van der Waals surface area contributed by atoms with Crippen LogP contribution in [0.4, 0.5) is 0 Å². The summed E-state index contributed by atoms with van der Waals surface area (Å²) < 4.78 is 0. The Morgan fingerprint density at radius 3 is 2.06 bits per heavy atom.